The second kappa shape index (κ2) is 6.60. The van der Waals surface area contributed by atoms with Crippen LogP contribution in [-0.4, -0.2) is 41.6 Å². The molecule has 106 valence electrons. The quantitative estimate of drug-likeness (QED) is 0.574. The van der Waals surface area contributed by atoms with Crippen LogP contribution < -0.4 is 10.0 Å². The van der Waals surface area contributed by atoms with Gasteiger partial charge in [0.25, 0.3) is 0 Å². The number of rotatable bonds is 6. The fraction of sp³-hybridized carbons (Fsp3) is 0.364. The molecular weight excluding hydrogens is 275 g/mol. The minimum Gasteiger partial charge on any atom is -0.465 e. The minimum absolute atomic E-state index is 0.150. The van der Waals surface area contributed by atoms with E-state index in [2.05, 4.69) is 14.8 Å². The lowest BCUT2D eigenvalue weighted by atomic mass is 10.2. The third kappa shape index (κ3) is 3.98. The van der Waals surface area contributed by atoms with E-state index >= 15 is 0 Å². The summed E-state index contributed by atoms with van der Waals surface area (Å²) in [6.45, 7) is 0.574. The van der Waals surface area contributed by atoms with Gasteiger partial charge in [-0.05, 0) is 25.2 Å². The number of esters is 1. The maximum Gasteiger partial charge on any atom is 0.339 e. The lowest BCUT2D eigenvalue weighted by Gasteiger charge is -2.10. The number of halogens is 1. The van der Waals surface area contributed by atoms with Gasteiger partial charge in [-0.1, -0.05) is 0 Å². The molecule has 0 aliphatic carbocycles. The zero-order valence-corrected chi connectivity index (χ0v) is 11.4. The van der Waals surface area contributed by atoms with E-state index in [-0.39, 0.29) is 17.0 Å². The number of benzene rings is 1. The molecule has 0 aromatic heterocycles. The molecule has 8 heteroatoms. The standard InChI is InChI=1S/C11H15FN2O4S/c1-13-5-6-14-19(16,17)10-4-3-8(12)7-9(10)11(15)18-2/h3-4,7,13-14H,5-6H2,1-2H3. The highest BCUT2D eigenvalue weighted by Gasteiger charge is 2.23. The predicted molar refractivity (Wildman–Crippen MR) is 66.9 cm³/mol. The highest BCUT2D eigenvalue weighted by Crippen LogP contribution is 2.17. The van der Waals surface area contributed by atoms with Gasteiger partial charge >= 0.3 is 5.97 Å². The molecule has 1 rings (SSSR count). The van der Waals surface area contributed by atoms with Crippen LogP contribution in [0.3, 0.4) is 0 Å². The van der Waals surface area contributed by atoms with Crippen molar-refractivity contribution in [3.05, 3.63) is 29.6 Å². The third-order valence-corrected chi connectivity index (χ3v) is 3.82. The Morgan fingerprint density at radius 3 is 2.63 bits per heavy atom. The maximum absolute atomic E-state index is 13.1. The Morgan fingerprint density at radius 1 is 1.37 bits per heavy atom. The Hall–Kier alpha value is -1.51. The van der Waals surface area contributed by atoms with Crippen LogP contribution in [0.1, 0.15) is 10.4 Å². The molecule has 0 aliphatic heterocycles. The summed E-state index contributed by atoms with van der Waals surface area (Å²) in [5.74, 6) is -1.62. The van der Waals surface area contributed by atoms with E-state index in [1.165, 1.54) is 0 Å². The highest BCUT2D eigenvalue weighted by molar-refractivity contribution is 7.89. The normalized spacial score (nSPS) is 11.3. The SMILES string of the molecule is CNCCNS(=O)(=O)c1ccc(F)cc1C(=O)OC. The summed E-state index contributed by atoms with van der Waals surface area (Å²) in [6.07, 6.45) is 0. The van der Waals surface area contributed by atoms with Crippen molar-refractivity contribution in [3.8, 4) is 0 Å². The molecule has 1 aromatic carbocycles. The van der Waals surface area contributed by atoms with Crippen molar-refractivity contribution in [2.45, 2.75) is 4.90 Å². The molecule has 0 bridgehead atoms. The van der Waals surface area contributed by atoms with Crippen molar-refractivity contribution in [2.24, 2.45) is 0 Å². The second-order valence-electron chi connectivity index (χ2n) is 3.63. The van der Waals surface area contributed by atoms with Gasteiger partial charge in [0.1, 0.15) is 5.82 Å². The topological polar surface area (TPSA) is 84.5 Å². The molecule has 0 amide bonds. The second-order valence-corrected chi connectivity index (χ2v) is 5.37. The summed E-state index contributed by atoms with van der Waals surface area (Å²) in [5.41, 5.74) is -0.334. The fourth-order valence-electron chi connectivity index (χ4n) is 1.39. The number of hydrogen-bond donors (Lipinski definition) is 2. The number of carbonyl (C=O) groups excluding carboxylic acids is 1. The molecular formula is C11H15FN2O4S. The Labute approximate surface area is 111 Å². The fourth-order valence-corrected chi connectivity index (χ4v) is 2.60. The van der Waals surface area contributed by atoms with E-state index in [1.54, 1.807) is 7.05 Å². The van der Waals surface area contributed by atoms with Crippen LogP contribution in [0.5, 0.6) is 0 Å². The van der Waals surface area contributed by atoms with Crippen LogP contribution in [0.4, 0.5) is 4.39 Å². The number of sulfonamides is 1. The lowest BCUT2D eigenvalue weighted by molar-refractivity contribution is 0.0595. The maximum atomic E-state index is 13.1. The number of likely N-dealkylation sites (N-methyl/N-ethyl adjacent to an activating group) is 1. The Morgan fingerprint density at radius 2 is 2.05 bits per heavy atom. The predicted octanol–water partition coefficient (Wildman–Crippen LogP) is 0.110. The van der Waals surface area contributed by atoms with Gasteiger partial charge in [-0.15, -0.1) is 0 Å². The first kappa shape index (κ1) is 15.5. The van der Waals surface area contributed by atoms with Crippen molar-refractivity contribution in [2.75, 3.05) is 27.2 Å². The Bertz CT molecular complexity index is 560. The molecule has 0 radical (unpaired) electrons. The van der Waals surface area contributed by atoms with E-state index in [1.807, 2.05) is 0 Å². The third-order valence-electron chi connectivity index (χ3n) is 2.30. The highest BCUT2D eigenvalue weighted by atomic mass is 32.2. The molecule has 0 saturated heterocycles. The lowest BCUT2D eigenvalue weighted by Crippen LogP contribution is -2.31. The zero-order valence-electron chi connectivity index (χ0n) is 10.6. The van der Waals surface area contributed by atoms with Crippen LogP contribution in [0, 0.1) is 5.82 Å². The first-order valence-electron chi connectivity index (χ1n) is 5.44. The van der Waals surface area contributed by atoms with E-state index in [0.717, 1.165) is 25.3 Å². The molecule has 0 atom stereocenters. The van der Waals surface area contributed by atoms with Crippen LogP contribution in [0.15, 0.2) is 23.1 Å². The summed E-state index contributed by atoms with van der Waals surface area (Å²) in [6, 6.07) is 2.83. The smallest absolute Gasteiger partial charge is 0.339 e. The minimum atomic E-state index is -3.89. The number of ether oxygens (including phenoxy) is 1. The molecule has 1 aromatic rings. The molecule has 0 unspecified atom stereocenters. The number of nitrogens with one attached hydrogen (secondary N) is 2. The van der Waals surface area contributed by atoms with Crippen LogP contribution in [-0.2, 0) is 14.8 Å². The summed E-state index contributed by atoms with van der Waals surface area (Å²) >= 11 is 0. The van der Waals surface area contributed by atoms with E-state index < -0.39 is 21.8 Å². The molecule has 0 aliphatic rings. The van der Waals surface area contributed by atoms with Crippen LogP contribution >= 0.6 is 0 Å². The molecule has 19 heavy (non-hydrogen) atoms. The first-order chi connectivity index (χ1) is 8.92. The number of carbonyl (C=O) groups is 1. The largest absolute Gasteiger partial charge is 0.465 e. The molecule has 0 heterocycles. The summed E-state index contributed by atoms with van der Waals surface area (Å²) < 4.78 is 43.8. The van der Waals surface area contributed by atoms with Crippen molar-refractivity contribution in [1.82, 2.24) is 10.0 Å². The van der Waals surface area contributed by atoms with Gasteiger partial charge in [0.05, 0.1) is 17.6 Å². The van der Waals surface area contributed by atoms with Gasteiger partial charge in [0, 0.05) is 13.1 Å². The van der Waals surface area contributed by atoms with Gasteiger partial charge in [-0.3, -0.25) is 0 Å². The van der Waals surface area contributed by atoms with Crippen molar-refractivity contribution in [1.29, 1.82) is 0 Å². The van der Waals surface area contributed by atoms with Gasteiger partial charge in [0.2, 0.25) is 10.0 Å². The van der Waals surface area contributed by atoms with Gasteiger partial charge in [-0.2, -0.15) is 0 Å². The average molecular weight is 290 g/mol. The Kier molecular flexibility index (Phi) is 5.40. The molecule has 0 spiro atoms. The van der Waals surface area contributed by atoms with Gasteiger partial charge < -0.3 is 10.1 Å². The Balaban J connectivity index is 3.15. The number of methoxy groups -OCH3 is 1. The number of hydrogen-bond acceptors (Lipinski definition) is 5. The zero-order chi connectivity index (χ0) is 14.5. The molecule has 0 fully saturated rings. The first-order valence-corrected chi connectivity index (χ1v) is 6.93. The van der Waals surface area contributed by atoms with E-state index in [9.17, 15) is 17.6 Å². The van der Waals surface area contributed by atoms with Gasteiger partial charge in [-0.25, -0.2) is 22.3 Å². The van der Waals surface area contributed by atoms with Gasteiger partial charge in [0.15, 0.2) is 0 Å². The van der Waals surface area contributed by atoms with E-state index in [0.29, 0.717) is 6.54 Å². The molecule has 2 N–H and O–H groups in total. The van der Waals surface area contributed by atoms with Crippen molar-refractivity contribution < 1.29 is 22.3 Å². The summed E-state index contributed by atoms with van der Waals surface area (Å²) in [4.78, 5) is 11.2. The molecule has 0 saturated carbocycles. The molecule has 6 nitrogen and oxygen atoms in total. The summed E-state index contributed by atoms with van der Waals surface area (Å²) in [7, 11) is -1.12. The average Bonchev–Trinajstić information content (AvgIpc) is 2.37. The summed E-state index contributed by atoms with van der Waals surface area (Å²) in [5, 5.41) is 2.77. The van der Waals surface area contributed by atoms with Crippen LogP contribution in [0.25, 0.3) is 0 Å². The monoisotopic (exact) mass is 290 g/mol. The van der Waals surface area contributed by atoms with E-state index in [4.69, 9.17) is 0 Å². The van der Waals surface area contributed by atoms with Crippen molar-refractivity contribution in [3.63, 3.8) is 0 Å². The van der Waals surface area contributed by atoms with Crippen LogP contribution in [0.2, 0.25) is 0 Å². The van der Waals surface area contributed by atoms with Crippen molar-refractivity contribution >= 4 is 16.0 Å².